The molecule has 3 rings (SSSR count). The minimum absolute atomic E-state index is 0.0788. The lowest BCUT2D eigenvalue weighted by molar-refractivity contribution is -0.127. The molecule has 0 spiro atoms. The van der Waals surface area contributed by atoms with Crippen molar-refractivity contribution in [3.63, 3.8) is 0 Å². The summed E-state index contributed by atoms with van der Waals surface area (Å²) in [5.74, 6) is 2.76. The number of hydrogen-bond acceptors (Lipinski definition) is 8. The molecule has 1 heterocycles. The predicted octanol–water partition coefficient (Wildman–Crippen LogP) is 2.85. The van der Waals surface area contributed by atoms with E-state index in [1.807, 2.05) is 0 Å². The molecule has 3 aromatic rings. The van der Waals surface area contributed by atoms with E-state index in [0.29, 0.717) is 34.4 Å². The third kappa shape index (κ3) is 4.99. The molecule has 0 saturated carbocycles. The van der Waals surface area contributed by atoms with Crippen molar-refractivity contribution in [1.29, 1.82) is 0 Å². The Morgan fingerprint density at radius 2 is 1.70 bits per heavy atom. The highest BCUT2D eigenvalue weighted by molar-refractivity contribution is 5.80. The molecule has 1 unspecified atom stereocenters. The molecule has 1 amide bonds. The summed E-state index contributed by atoms with van der Waals surface area (Å²) in [6.07, 6.45) is -0.702. The standard InChI is InChI=1S/C21H23N3O6/c1-13(29-16-8-6-15(26-2)7-9-16)21(25)22-12-19-23-20(24-30-19)14-5-10-17(27-3)18(11-14)28-4/h5-11,13H,12H2,1-4H3,(H,22,25). The summed E-state index contributed by atoms with van der Waals surface area (Å²) < 4.78 is 26.4. The van der Waals surface area contributed by atoms with E-state index >= 15 is 0 Å². The minimum atomic E-state index is -0.702. The molecule has 1 atom stereocenters. The Labute approximate surface area is 173 Å². The number of hydrogen-bond donors (Lipinski definition) is 1. The lowest BCUT2D eigenvalue weighted by atomic mass is 10.2. The number of carbonyl (C=O) groups excluding carboxylic acids is 1. The maximum Gasteiger partial charge on any atom is 0.261 e. The van der Waals surface area contributed by atoms with Crippen molar-refractivity contribution >= 4 is 5.91 Å². The highest BCUT2D eigenvalue weighted by Gasteiger charge is 2.17. The lowest BCUT2D eigenvalue weighted by Gasteiger charge is -2.14. The smallest absolute Gasteiger partial charge is 0.261 e. The molecule has 0 bridgehead atoms. The van der Waals surface area contributed by atoms with E-state index in [2.05, 4.69) is 15.5 Å². The minimum Gasteiger partial charge on any atom is -0.497 e. The van der Waals surface area contributed by atoms with Gasteiger partial charge >= 0.3 is 0 Å². The molecule has 0 radical (unpaired) electrons. The van der Waals surface area contributed by atoms with Crippen LogP contribution >= 0.6 is 0 Å². The van der Waals surface area contributed by atoms with Crippen molar-refractivity contribution in [3.8, 4) is 34.4 Å². The fourth-order valence-corrected chi connectivity index (χ4v) is 2.64. The lowest BCUT2D eigenvalue weighted by Crippen LogP contribution is -2.35. The van der Waals surface area contributed by atoms with Gasteiger partial charge in [0, 0.05) is 5.56 Å². The molecule has 1 aromatic heterocycles. The summed E-state index contributed by atoms with van der Waals surface area (Å²) >= 11 is 0. The summed E-state index contributed by atoms with van der Waals surface area (Å²) in [4.78, 5) is 16.6. The third-order valence-corrected chi connectivity index (χ3v) is 4.27. The first-order valence-corrected chi connectivity index (χ1v) is 9.17. The van der Waals surface area contributed by atoms with Crippen LogP contribution in [0, 0.1) is 0 Å². The molecule has 30 heavy (non-hydrogen) atoms. The van der Waals surface area contributed by atoms with Crippen molar-refractivity contribution in [2.75, 3.05) is 21.3 Å². The van der Waals surface area contributed by atoms with Gasteiger partial charge in [0.2, 0.25) is 11.7 Å². The third-order valence-electron chi connectivity index (χ3n) is 4.27. The van der Waals surface area contributed by atoms with Gasteiger partial charge in [-0.25, -0.2) is 0 Å². The van der Waals surface area contributed by atoms with Crippen LogP contribution in [0.3, 0.4) is 0 Å². The van der Waals surface area contributed by atoms with Crippen LogP contribution in [0.25, 0.3) is 11.4 Å². The molecular formula is C21H23N3O6. The number of amides is 1. The first-order valence-electron chi connectivity index (χ1n) is 9.17. The van der Waals surface area contributed by atoms with Gasteiger partial charge in [-0.3, -0.25) is 4.79 Å². The number of nitrogens with zero attached hydrogens (tertiary/aromatic N) is 2. The molecule has 2 aromatic carbocycles. The summed E-state index contributed by atoms with van der Waals surface area (Å²) in [7, 11) is 4.69. The maximum absolute atomic E-state index is 12.3. The van der Waals surface area contributed by atoms with Crippen molar-refractivity contribution < 1.29 is 28.3 Å². The molecule has 0 fully saturated rings. The summed E-state index contributed by atoms with van der Waals surface area (Å²) in [5.41, 5.74) is 0.699. The van der Waals surface area contributed by atoms with Crippen LogP contribution in [0.2, 0.25) is 0 Å². The van der Waals surface area contributed by atoms with Crippen LogP contribution in [0.5, 0.6) is 23.0 Å². The molecular weight excluding hydrogens is 390 g/mol. The molecule has 0 aliphatic carbocycles. The molecule has 158 valence electrons. The maximum atomic E-state index is 12.3. The molecule has 1 N–H and O–H groups in total. The van der Waals surface area contributed by atoms with E-state index in [9.17, 15) is 4.79 Å². The Bertz CT molecular complexity index is 987. The largest absolute Gasteiger partial charge is 0.497 e. The van der Waals surface area contributed by atoms with Gasteiger partial charge in [0.05, 0.1) is 27.9 Å². The van der Waals surface area contributed by atoms with E-state index in [0.717, 1.165) is 0 Å². The van der Waals surface area contributed by atoms with Gasteiger partial charge < -0.3 is 28.8 Å². The molecule has 9 nitrogen and oxygen atoms in total. The first kappa shape index (κ1) is 21.0. The van der Waals surface area contributed by atoms with Gasteiger partial charge in [0.1, 0.15) is 11.5 Å². The van der Waals surface area contributed by atoms with E-state index in [1.165, 1.54) is 0 Å². The van der Waals surface area contributed by atoms with E-state index in [4.69, 9.17) is 23.5 Å². The Morgan fingerprint density at radius 3 is 2.37 bits per heavy atom. The number of nitrogens with one attached hydrogen (secondary N) is 1. The fraction of sp³-hybridized carbons (Fsp3) is 0.286. The van der Waals surface area contributed by atoms with Gasteiger partial charge in [-0.05, 0) is 49.4 Å². The summed E-state index contributed by atoms with van der Waals surface area (Å²) in [5, 5.41) is 6.66. The van der Waals surface area contributed by atoms with Crippen LogP contribution in [0.15, 0.2) is 47.0 Å². The monoisotopic (exact) mass is 413 g/mol. The Kier molecular flexibility index (Phi) is 6.74. The Hall–Kier alpha value is -3.75. The predicted molar refractivity (Wildman–Crippen MR) is 108 cm³/mol. The zero-order valence-corrected chi connectivity index (χ0v) is 17.2. The van der Waals surface area contributed by atoms with Gasteiger partial charge in [-0.15, -0.1) is 0 Å². The second-order valence-corrected chi connectivity index (χ2v) is 6.23. The second-order valence-electron chi connectivity index (χ2n) is 6.23. The molecule has 0 aliphatic heterocycles. The van der Waals surface area contributed by atoms with Gasteiger partial charge in [0.25, 0.3) is 5.91 Å². The van der Waals surface area contributed by atoms with Crippen molar-refractivity contribution in [1.82, 2.24) is 15.5 Å². The number of carbonyl (C=O) groups is 1. The van der Waals surface area contributed by atoms with Crippen LogP contribution in [-0.4, -0.2) is 43.5 Å². The molecule has 0 saturated heterocycles. The first-order chi connectivity index (χ1) is 14.5. The van der Waals surface area contributed by atoms with Crippen LogP contribution in [-0.2, 0) is 11.3 Å². The fourth-order valence-electron chi connectivity index (χ4n) is 2.64. The number of rotatable bonds is 9. The van der Waals surface area contributed by atoms with Gasteiger partial charge in [-0.1, -0.05) is 5.16 Å². The summed E-state index contributed by atoms with van der Waals surface area (Å²) in [6.45, 7) is 1.73. The Balaban J connectivity index is 1.57. The zero-order valence-electron chi connectivity index (χ0n) is 17.2. The van der Waals surface area contributed by atoms with E-state index in [-0.39, 0.29) is 18.3 Å². The Morgan fingerprint density at radius 1 is 1.00 bits per heavy atom. The average molecular weight is 413 g/mol. The van der Waals surface area contributed by atoms with Crippen LogP contribution in [0.4, 0.5) is 0 Å². The SMILES string of the molecule is COc1ccc(OC(C)C(=O)NCc2nc(-c3ccc(OC)c(OC)c3)no2)cc1. The number of ether oxygens (including phenoxy) is 4. The zero-order chi connectivity index (χ0) is 21.5. The quantitative estimate of drug-likeness (QED) is 0.571. The van der Waals surface area contributed by atoms with Gasteiger partial charge in [0.15, 0.2) is 17.6 Å². The summed E-state index contributed by atoms with van der Waals surface area (Å²) in [6, 6.07) is 12.3. The van der Waals surface area contributed by atoms with Crippen molar-refractivity contribution in [2.24, 2.45) is 0 Å². The van der Waals surface area contributed by atoms with Crippen molar-refractivity contribution in [3.05, 3.63) is 48.4 Å². The number of methoxy groups -OCH3 is 3. The van der Waals surface area contributed by atoms with Crippen LogP contribution < -0.4 is 24.3 Å². The molecule has 9 heteroatoms. The topological polar surface area (TPSA) is 105 Å². The number of benzene rings is 2. The highest BCUT2D eigenvalue weighted by atomic mass is 16.5. The highest BCUT2D eigenvalue weighted by Crippen LogP contribution is 2.31. The van der Waals surface area contributed by atoms with Gasteiger partial charge in [-0.2, -0.15) is 4.98 Å². The van der Waals surface area contributed by atoms with Crippen molar-refractivity contribution in [2.45, 2.75) is 19.6 Å². The molecule has 0 aliphatic rings. The van der Waals surface area contributed by atoms with E-state index < -0.39 is 6.10 Å². The van der Waals surface area contributed by atoms with E-state index in [1.54, 1.807) is 70.7 Å². The normalized spacial score (nSPS) is 11.5. The average Bonchev–Trinajstić information content (AvgIpc) is 3.26. The second kappa shape index (κ2) is 9.64. The van der Waals surface area contributed by atoms with Crippen LogP contribution in [0.1, 0.15) is 12.8 Å². The number of aromatic nitrogens is 2.